The van der Waals surface area contributed by atoms with Crippen LogP contribution >= 0.6 is 0 Å². The third kappa shape index (κ3) is 16.2. The van der Waals surface area contributed by atoms with Gasteiger partial charge in [-0.1, -0.05) is 32.1 Å². The van der Waals surface area contributed by atoms with E-state index in [1.165, 1.54) is 27.7 Å². The lowest BCUT2D eigenvalue weighted by atomic mass is 9.96. The van der Waals surface area contributed by atoms with E-state index < -0.39 is 66.2 Å². The summed E-state index contributed by atoms with van der Waals surface area (Å²) in [5.41, 5.74) is -0.510. The SMILES string of the molecule is CC(=O)N[C@H]1[C@H](OCCCCCCCCCNC(=O)OC(C)(C)C)O[C@H](COC(C)=O)[C@H](OC(C)=O)[C@@H]1OC(C)=O. The van der Waals surface area contributed by atoms with Gasteiger partial charge in [-0.25, -0.2) is 4.79 Å². The number of amides is 2. The average molecular weight is 589 g/mol. The zero-order valence-electron chi connectivity index (χ0n) is 25.4. The fraction of sp³-hybridized carbons (Fsp3) is 0.821. The van der Waals surface area contributed by atoms with Crippen molar-refractivity contribution in [3.8, 4) is 0 Å². The minimum atomic E-state index is -1.15. The van der Waals surface area contributed by atoms with Gasteiger partial charge in [0.15, 0.2) is 18.5 Å². The highest BCUT2D eigenvalue weighted by Crippen LogP contribution is 2.28. The van der Waals surface area contributed by atoms with Gasteiger partial charge >= 0.3 is 24.0 Å². The molecule has 236 valence electrons. The van der Waals surface area contributed by atoms with Gasteiger partial charge in [0.1, 0.15) is 24.4 Å². The molecule has 2 N–H and O–H groups in total. The molecule has 0 aromatic carbocycles. The van der Waals surface area contributed by atoms with E-state index in [-0.39, 0.29) is 6.61 Å². The molecule has 5 atom stereocenters. The van der Waals surface area contributed by atoms with E-state index in [0.717, 1.165) is 38.5 Å². The lowest BCUT2D eigenvalue weighted by Crippen LogP contribution is -2.66. The van der Waals surface area contributed by atoms with Gasteiger partial charge in [0.25, 0.3) is 0 Å². The Morgan fingerprint density at radius 2 is 1.32 bits per heavy atom. The van der Waals surface area contributed by atoms with Crippen molar-refractivity contribution in [2.75, 3.05) is 19.8 Å². The number of carbonyl (C=O) groups is 5. The van der Waals surface area contributed by atoms with Gasteiger partial charge in [0.05, 0.1) is 0 Å². The summed E-state index contributed by atoms with van der Waals surface area (Å²) in [4.78, 5) is 58.8. The van der Waals surface area contributed by atoms with Crippen LogP contribution in [0, 0.1) is 0 Å². The van der Waals surface area contributed by atoms with Gasteiger partial charge in [-0.2, -0.15) is 0 Å². The molecule has 1 rings (SSSR count). The van der Waals surface area contributed by atoms with Gasteiger partial charge in [0, 0.05) is 40.8 Å². The molecular weight excluding hydrogens is 540 g/mol. The summed E-state index contributed by atoms with van der Waals surface area (Å²) >= 11 is 0. The van der Waals surface area contributed by atoms with Crippen molar-refractivity contribution in [3.05, 3.63) is 0 Å². The second-order valence-electron chi connectivity index (χ2n) is 11.0. The van der Waals surface area contributed by atoms with E-state index in [1.807, 2.05) is 20.8 Å². The molecule has 0 radical (unpaired) electrons. The molecule has 41 heavy (non-hydrogen) atoms. The molecule has 0 spiro atoms. The van der Waals surface area contributed by atoms with Crippen molar-refractivity contribution in [2.24, 2.45) is 0 Å². The Kier molecular flexibility index (Phi) is 16.3. The molecule has 1 saturated heterocycles. The van der Waals surface area contributed by atoms with Gasteiger partial charge in [-0.05, 0) is 33.6 Å². The van der Waals surface area contributed by atoms with Crippen molar-refractivity contribution in [1.82, 2.24) is 10.6 Å². The fourth-order valence-corrected chi connectivity index (χ4v) is 4.25. The lowest BCUT2D eigenvalue weighted by molar-refractivity contribution is -0.277. The Labute approximate surface area is 242 Å². The Balaban J connectivity index is 2.59. The molecular formula is C28H48N2O11. The minimum absolute atomic E-state index is 0.273. The molecule has 2 amide bonds. The molecule has 0 aromatic rings. The summed E-state index contributed by atoms with van der Waals surface area (Å²) in [7, 11) is 0. The van der Waals surface area contributed by atoms with Crippen LogP contribution in [0.25, 0.3) is 0 Å². The first-order valence-electron chi connectivity index (χ1n) is 14.2. The van der Waals surface area contributed by atoms with Gasteiger partial charge in [-0.15, -0.1) is 0 Å². The van der Waals surface area contributed by atoms with Crippen LogP contribution in [0.15, 0.2) is 0 Å². The van der Waals surface area contributed by atoms with Crippen molar-refractivity contribution in [2.45, 2.75) is 130 Å². The van der Waals surface area contributed by atoms with Crippen LogP contribution in [0.3, 0.4) is 0 Å². The lowest BCUT2D eigenvalue weighted by Gasteiger charge is -2.44. The van der Waals surface area contributed by atoms with Gasteiger partial charge in [-0.3, -0.25) is 19.2 Å². The maximum absolute atomic E-state index is 12.0. The molecule has 13 nitrogen and oxygen atoms in total. The standard InChI is InChI=1S/C28H48N2O11/c1-18(31)30-23-25(39-21(4)34)24(38-20(3)33)22(17-37-19(2)32)40-26(23)36-16-14-12-10-8-9-11-13-15-29-27(35)41-28(5,6)7/h22-26H,8-17H2,1-7H3,(H,29,35)(H,30,31)/t22-,23-,24+,25-,26-/m1/s1. The number of hydrogen-bond acceptors (Lipinski definition) is 11. The molecule has 1 aliphatic rings. The van der Waals surface area contributed by atoms with Gasteiger partial charge < -0.3 is 39.1 Å². The second-order valence-corrected chi connectivity index (χ2v) is 11.0. The molecule has 1 heterocycles. The average Bonchev–Trinajstić information content (AvgIpc) is 2.82. The normalized spacial score (nSPS) is 22.3. The van der Waals surface area contributed by atoms with E-state index in [4.69, 9.17) is 28.4 Å². The summed E-state index contributed by atoms with van der Waals surface area (Å²) in [5, 5.41) is 5.43. The first-order valence-corrected chi connectivity index (χ1v) is 14.2. The van der Waals surface area contributed by atoms with Crippen molar-refractivity contribution in [1.29, 1.82) is 0 Å². The number of alkyl carbamates (subject to hydrolysis) is 1. The monoisotopic (exact) mass is 588 g/mol. The summed E-state index contributed by atoms with van der Waals surface area (Å²) in [6.07, 6.45) is 1.81. The highest BCUT2D eigenvalue weighted by Gasteiger charge is 2.51. The Morgan fingerprint density at radius 3 is 1.85 bits per heavy atom. The topological polar surface area (TPSA) is 165 Å². The number of nitrogens with one attached hydrogen (secondary N) is 2. The number of unbranched alkanes of at least 4 members (excludes halogenated alkanes) is 6. The predicted octanol–water partition coefficient (Wildman–Crippen LogP) is 2.91. The summed E-state index contributed by atoms with van der Waals surface area (Å²) in [5.74, 6) is -2.32. The van der Waals surface area contributed by atoms with Crippen LogP contribution in [-0.2, 0) is 47.6 Å². The number of rotatable bonds is 16. The number of ether oxygens (including phenoxy) is 6. The van der Waals surface area contributed by atoms with Crippen molar-refractivity contribution < 1.29 is 52.4 Å². The Hall–Kier alpha value is -2.93. The third-order valence-electron chi connectivity index (χ3n) is 5.84. The van der Waals surface area contributed by atoms with Crippen LogP contribution in [0.4, 0.5) is 4.79 Å². The predicted molar refractivity (Wildman–Crippen MR) is 147 cm³/mol. The van der Waals surface area contributed by atoms with Crippen LogP contribution < -0.4 is 10.6 Å². The highest BCUT2D eigenvalue weighted by molar-refractivity contribution is 5.73. The van der Waals surface area contributed by atoms with Crippen LogP contribution in [0.1, 0.15) is 93.4 Å². The molecule has 0 unspecified atom stereocenters. The van der Waals surface area contributed by atoms with E-state index >= 15 is 0 Å². The molecule has 0 bridgehead atoms. The summed E-state index contributed by atoms with van der Waals surface area (Å²) in [6, 6.07) is -0.969. The van der Waals surface area contributed by atoms with Crippen LogP contribution in [0.2, 0.25) is 0 Å². The fourth-order valence-electron chi connectivity index (χ4n) is 4.25. The largest absolute Gasteiger partial charge is 0.463 e. The highest BCUT2D eigenvalue weighted by atomic mass is 16.7. The molecule has 1 aliphatic heterocycles. The van der Waals surface area contributed by atoms with Crippen molar-refractivity contribution in [3.63, 3.8) is 0 Å². The molecule has 0 aromatic heterocycles. The third-order valence-corrected chi connectivity index (χ3v) is 5.84. The minimum Gasteiger partial charge on any atom is -0.463 e. The zero-order chi connectivity index (χ0) is 31.0. The molecule has 0 saturated carbocycles. The molecule has 0 aliphatic carbocycles. The number of hydrogen-bond donors (Lipinski definition) is 2. The second kappa shape index (κ2) is 18.5. The summed E-state index contributed by atoms with van der Waals surface area (Å²) in [6.45, 7) is 11.0. The van der Waals surface area contributed by atoms with E-state index in [0.29, 0.717) is 19.6 Å². The number of carbonyl (C=O) groups excluding carboxylic acids is 5. The van der Waals surface area contributed by atoms with Crippen LogP contribution in [0.5, 0.6) is 0 Å². The zero-order valence-corrected chi connectivity index (χ0v) is 25.4. The van der Waals surface area contributed by atoms with E-state index in [9.17, 15) is 24.0 Å². The quantitative estimate of drug-likeness (QED) is 0.155. The Bertz CT molecular complexity index is 858. The Morgan fingerprint density at radius 1 is 0.756 bits per heavy atom. The van der Waals surface area contributed by atoms with Crippen LogP contribution in [-0.4, -0.2) is 85.9 Å². The molecule has 1 fully saturated rings. The maximum Gasteiger partial charge on any atom is 0.407 e. The van der Waals surface area contributed by atoms with E-state index in [2.05, 4.69) is 10.6 Å². The van der Waals surface area contributed by atoms with Gasteiger partial charge in [0.2, 0.25) is 5.91 Å². The maximum atomic E-state index is 12.0. The van der Waals surface area contributed by atoms with Crippen molar-refractivity contribution >= 4 is 29.9 Å². The van der Waals surface area contributed by atoms with E-state index in [1.54, 1.807) is 0 Å². The summed E-state index contributed by atoms with van der Waals surface area (Å²) < 4.78 is 33.1. The number of esters is 3. The first kappa shape index (κ1) is 36.1. The smallest absolute Gasteiger partial charge is 0.407 e. The first-order chi connectivity index (χ1) is 19.2. The molecule has 13 heteroatoms.